The van der Waals surface area contributed by atoms with Crippen molar-refractivity contribution < 1.29 is 34.8 Å². The van der Waals surface area contributed by atoms with Crippen molar-refractivity contribution in [3.05, 3.63) is 51.5 Å². The predicted octanol–water partition coefficient (Wildman–Crippen LogP) is 2.53. The number of hydrogen-bond acceptors (Lipinski definition) is 8. The number of fused-ring (bicyclic) bond motifs is 3. The van der Waals surface area contributed by atoms with E-state index in [0.29, 0.717) is 18.5 Å². The smallest absolute Gasteiger partial charge is 0.209 e. The Balaban J connectivity index is 1.85. The molecule has 1 aromatic carbocycles. The molecule has 0 radical (unpaired) electrons. The second kappa shape index (κ2) is 8.11. The highest BCUT2D eigenvalue weighted by Gasteiger charge is 2.59. The van der Waals surface area contributed by atoms with Crippen molar-refractivity contribution in [3.63, 3.8) is 0 Å². The van der Waals surface area contributed by atoms with Crippen LogP contribution in [0.5, 0.6) is 5.75 Å². The molecule has 0 saturated carbocycles. The van der Waals surface area contributed by atoms with Gasteiger partial charge in [0.2, 0.25) is 5.78 Å². The van der Waals surface area contributed by atoms with Crippen LogP contribution < -0.4 is 0 Å². The van der Waals surface area contributed by atoms with Crippen LogP contribution in [0.3, 0.4) is 0 Å². The maximum Gasteiger partial charge on any atom is 0.209 e. The monoisotopic (exact) mass is 455 g/mol. The minimum Gasteiger partial charge on any atom is -0.511 e. The lowest BCUT2D eigenvalue weighted by atomic mass is 9.60. The van der Waals surface area contributed by atoms with E-state index in [-0.39, 0.29) is 29.7 Å². The maximum atomic E-state index is 13.5. The molecular formula is C25H29NO7. The summed E-state index contributed by atoms with van der Waals surface area (Å²) in [5, 5.41) is 43.2. The van der Waals surface area contributed by atoms with E-state index < -0.39 is 51.9 Å². The van der Waals surface area contributed by atoms with Gasteiger partial charge in [0.1, 0.15) is 22.8 Å². The highest BCUT2D eigenvalue weighted by molar-refractivity contribution is 6.25. The highest BCUT2D eigenvalue weighted by Crippen LogP contribution is 2.51. The molecule has 0 aliphatic heterocycles. The molecule has 0 aromatic heterocycles. The number of benzene rings is 1. The van der Waals surface area contributed by atoms with Gasteiger partial charge < -0.3 is 20.4 Å². The molecule has 0 unspecified atom stereocenters. The second-order valence-corrected chi connectivity index (χ2v) is 9.16. The first-order valence-corrected chi connectivity index (χ1v) is 11.3. The fraction of sp³-hybridized carbons (Fsp3) is 0.480. The molecular weight excluding hydrogens is 426 g/mol. The third-order valence-electron chi connectivity index (χ3n) is 7.44. The minimum atomic E-state index is -2.46. The summed E-state index contributed by atoms with van der Waals surface area (Å²) in [7, 11) is 0. The van der Waals surface area contributed by atoms with Gasteiger partial charge in [0.15, 0.2) is 17.2 Å². The fourth-order valence-corrected chi connectivity index (χ4v) is 5.63. The zero-order chi connectivity index (χ0) is 24.2. The van der Waals surface area contributed by atoms with Crippen LogP contribution in [0.2, 0.25) is 0 Å². The Morgan fingerprint density at radius 2 is 1.79 bits per heavy atom. The van der Waals surface area contributed by atoms with Crippen molar-refractivity contribution in [2.45, 2.75) is 52.2 Å². The van der Waals surface area contributed by atoms with Gasteiger partial charge >= 0.3 is 0 Å². The van der Waals surface area contributed by atoms with E-state index >= 15 is 0 Å². The van der Waals surface area contributed by atoms with Crippen molar-refractivity contribution >= 4 is 17.3 Å². The molecule has 8 heteroatoms. The van der Waals surface area contributed by atoms with Gasteiger partial charge in [-0.2, -0.15) is 0 Å². The Morgan fingerprint density at radius 3 is 2.39 bits per heavy atom. The standard InChI is InChI=1S/C25H29NO7/c1-4-26(5-2)11-13-6-7-17(28)21-16(13)9-14-8-15-10-18(29)19(12(3)27)23(31)25(15,33)24(32)20(14)22(21)30/h6-7,14-15,28-29,32-33H,4-5,8-11H2,1-3H3/t14-,15+,25-/m1/s1. The zero-order valence-electron chi connectivity index (χ0n) is 19.0. The predicted molar refractivity (Wildman–Crippen MR) is 119 cm³/mol. The molecule has 4 rings (SSSR count). The summed E-state index contributed by atoms with van der Waals surface area (Å²) in [6.45, 7) is 7.40. The lowest BCUT2D eigenvalue weighted by Gasteiger charge is -2.45. The van der Waals surface area contributed by atoms with Crippen LogP contribution in [-0.2, 0) is 22.6 Å². The summed E-state index contributed by atoms with van der Waals surface area (Å²) in [6.07, 6.45) is 0.358. The van der Waals surface area contributed by atoms with Crippen molar-refractivity contribution in [1.82, 2.24) is 4.90 Å². The number of nitrogens with zero attached hydrogens (tertiary/aromatic N) is 1. The molecule has 3 aliphatic rings. The SMILES string of the molecule is CCN(CC)Cc1ccc(O)c2c1C[C@H]1C[C@H]3CC(O)=C(C(C)=O)C(=O)[C@@]3(O)C(O)=C1C2=O. The number of phenols is 1. The summed E-state index contributed by atoms with van der Waals surface area (Å²) < 4.78 is 0. The summed E-state index contributed by atoms with van der Waals surface area (Å²) >= 11 is 0. The lowest BCUT2D eigenvalue weighted by Crippen LogP contribution is -2.56. The molecule has 0 fully saturated rings. The van der Waals surface area contributed by atoms with E-state index in [4.69, 9.17) is 0 Å². The molecule has 0 bridgehead atoms. The van der Waals surface area contributed by atoms with E-state index in [9.17, 15) is 34.8 Å². The van der Waals surface area contributed by atoms with Gasteiger partial charge in [-0.3, -0.25) is 19.3 Å². The van der Waals surface area contributed by atoms with Crippen molar-refractivity contribution in [2.24, 2.45) is 11.8 Å². The normalized spacial score (nSPS) is 26.9. The number of phenolic OH excluding ortho intramolecular Hbond substituents is 1. The van der Waals surface area contributed by atoms with Gasteiger partial charge in [0, 0.05) is 24.5 Å². The van der Waals surface area contributed by atoms with Crippen LogP contribution in [0.1, 0.15) is 55.1 Å². The number of allylic oxidation sites excluding steroid dienone is 2. The Morgan fingerprint density at radius 1 is 1.12 bits per heavy atom. The Labute approximate surface area is 191 Å². The van der Waals surface area contributed by atoms with E-state index in [0.717, 1.165) is 25.6 Å². The van der Waals surface area contributed by atoms with Crippen LogP contribution in [-0.4, -0.2) is 61.4 Å². The first kappa shape index (κ1) is 23.2. The number of ketones is 3. The number of carbonyl (C=O) groups excluding carboxylic acids is 3. The number of carbonyl (C=O) groups is 3. The molecule has 176 valence electrons. The molecule has 3 aliphatic carbocycles. The van der Waals surface area contributed by atoms with Crippen molar-refractivity contribution in [3.8, 4) is 5.75 Å². The van der Waals surface area contributed by atoms with Gasteiger partial charge in [-0.15, -0.1) is 0 Å². The van der Waals surface area contributed by atoms with Crippen LogP contribution in [0, 0.1) is 11.8 Å². The lowest BCUT2D eigenvalue weighted by molar-refractivity contribution is -0.144. The molecule has 33 heavy (non-hydrogen) atoms. The van der Waals surface area contributed by atoms with Crippen LogP contribution in [0.25, 0.3) is 0 Å². The molecule has 1 aromatic rings. The zero-order valence-corrected chi connectivity index (χ0v) is 19.0. The van der Waals surface area contributed by atoms with Crippen LogP contribution in [0.15, 0.2) is 34.8 Å². The van der Waals surface area contributed by atoms with E-state index in [1.54, 1.807) is 6.07 Å². The molecule has 3 atom stereocenters. The van der Waals surface area contributed by atoms with Gasteiger partial charge in [-0.25, -0.2) is 0 Å². The number of aliphatic hydroxyl groups excluding tert-OH is 2. The minimum absolute atomic E-state index is 0.0768. The highest BCUT2D eigenvalue weighted by atomic mass is 16.3. The first-order valence-electron chi connectivity index (χ1n) is 11.3. The van der Waals surface area contributed by atoms with Gasteiger partial charge in [-0.05, 0) is 56.0 Å². The number of aliphatic hydroxyl groups is 3. The first-order chi connectivity index (χ1) is 15.6. The average molecular weight is 456 g/mol. The van der Waals surface area contributed by atoms with Gasteiger partial charge in [0.25, 0.3) is 0 Å². The van der Waals surface area contributed by atoms with Crippen molar-refractivity contribution in [1.29, 1.82) is 0 Å². The van der Waals surface area contributed by atoms with E-state index in [1.807, 2.05) is 13.8 Å². The van der Waals surface area contributed by atoms with E-state index in [1.165, 1.54) is 6.07 Å². The number of Topliss-reactive ketones (excluding diaryl/α,β-unsaturated/α-hetero) is 3. The Bertz CT molecular complexity index is 1130. The van der Waals surface area contributed by atoms with Gasteiger partial charge in [-0.1, -0.05) is 19.9 Å². The van der Waals surface area contributed by atoms with Crippen LogP contribution >= 0.6 is 0 Å². The van der Waals surface area contributed by atoms with Crippen LogP contribution in [0.4, 0.5) is 0 Å². The average Bonchev–Trinajstić information content (AvgIpc) is 2.75. The topological polar surface area (TPSA) is 135 Å². The van der Waals surface area contributed by atoms with Crippen molar-refractivity contribution in [2.75, 3.05) is 13.1 Å². The third-order valence-corrected chi connectivity index (χ3v) is 7.44. The Hall–Kier alpha value is -2.97. The summed E-state index contributed by atoms with van der Waals surface area (Å²) in [5.74, 6) is -5.20. The second-order valence-electron chi connectivity index (χ2n) is 9.16. The Kier molecular flexibility index (Phi) is 5.70. The number of hydrogen-bond donors (Lipinski definition) is 4. The fourth-order valence-electron chi connectivity index (χ4n) is 5.63. The summed E-state index contributed by atoms with van der Waals surface area (Å²) in [4.78, 5) is 40.7. The molecule has 4 N–H and O–H groups in total. The number of aromatic hydroxyl groups is 1. The molecule has 0 amide bonds. The summed E-state index contributed by atoms with van der Waals surface area (Å²) in [6, 6.07) is 3.25. The quantitative estimate of drug-likeness (QED) is 0.498. The number of rotatable bonds is 5. The molecule has 0 spiro atoms. The van der Waals surface area contributed by atoms with E-state index in [2.05, 4.69) is 4.90 Å². The maximum absolute atomic E-state index is 13.5. The largest absolute Gasteiger partial charge is 0.511 e. The third kappa shape index (κ3) is 3.31. The van der Waals surface area contributed by atoms with Gasteiger partial charge in [0.05, 0.1) is 5.56 Å². The molecule has 0 saturated heterocycles. The molecule has 0 heterocycles. The molecule has 8 nitrogen and oxygen atoms in total. The summed E-state index contributed by atoms with van der Waals surface area (Å²) in [5.41, 5.74) is -1.43.